The number of halogens is 1. The second-order valence-corrected chi connectivity index (χ2v) is 9.41. The van der Waals surface area contributed by atoms with E-state index in [2.05, 4.69) is 36.6 Å². The molecule has 5 rings (SSSR count). The molecule has 0 saturated carbocycles. The standard InChI is InChI=1S/C25H25BrN6O3/c26-18-14-28-32-23(12-20(29-24(18)32)17-7-1-3-9-21(17)33)27-13-16-6-5-11-31(15-16)25(35)30-19-8-2-4-10-22(19)34/h1-4,7-10,12,14,16,27,33-34H,5-6,11,13,15H2,(H,30,35). The number of carbonyl (C=O) groups is 1. The van der Waals surface area contributed by atoms with E-state index in [9.17, 15) is 15.0 Å². The van der Waals surface area contributed by atoms with Crippen LogP contribution in [-0.4, -0.2) is 55.4 Å². The lowest BCUT2D eigenvalue weighted by atomic mass is 9.98. The number of piperidine rings is 1. The van der Waals surface area contributed by atoms with Gasteiger partial charge in [0.05, 0.1) is 22.1 Å². The number of anilines is 2. The number of hydrogen-bond donors (Lipinski definition) is 4. The van der Waals surface area contributed by atoms with Gasteiger partial charge >= 0.3 is 6.03 Å². The fourth-order valence-corrected chi connectivity index (χ4v) is 4.68. The predicted molar refractivity (Wildman–Crippen MR) is 138 cm³/mol. The quantitative estimate of drug-likeness (QED) is 0.269. The van der Waals surface area contributed by atoms with Crippen molar-refractivity contribution in [1.29, 1.82) is 0 Å². The third-order valence-electron chi connectivity index (χ3n) is 6.13. The molecule has 2 amide bonds. The summed E-state index contributed by atoms with van der Waals surface area (Å²) >= 11 is 3.50. The summed E-state index contributed by atoms with van der Waals surface area (Å²) in [5.74, 6) is 1.18. The Labute approximate surface area is 210 Å². The highest BCUT2D eigenvalue weighted by Gasteiger charge is 2.24. The van der Waals surface area contributed by atoms with Crippen LogP contribution < -0.4 is 10.6 Å². The number of likely N-dealkylation sites (tertiary alicyclic amines) is 1. The minimum atomic E-state index is -0.222. The number of aromatic hydroxyl groups is 2. The van der Waals surface area contributed by atoms with Crippen molar-refractivity contribution in [3.63, 3.8) is 0 Å². The first-order chi connectivity index (χ1) is 17.0. The number of benzene rings is 2. The molecule has 3 heterocycles. The molecule has 1 unspecified atom stereocenters. The summed E-state index contributed by atoms with van der Waals surface area (Å²) in [4.78, 5) is 19.2. The van der Waals surface area contributed by atoms with Crippen molar-refractivity contribution in [2.75, 3.05) is 30.3 Å². The van der Waals surface area contributed by atoms with Gasteiger partial charge in [-0.15, -0.1) is 0 Å². The molecule has 1 saturated heterocycles. The van der Waals surface area contributed by atoms with Gasteiger partial charge in [-0.05, 0) is 59.0 Å². The summed E-state index contributed by atoms with van der Waals surface area (Å²) in [5, 5.41) is 31.0. The first-order valence-electron chi connectivity index (χ1n) is 11.4. The van der Waals surface area contributed by atoms with Gasteiger partial charge in [-0.3, -0.25) is 0 Å². The number of nitrogens with one attached hydrogen (secondary N) is 2. The molecule has 2 aromatic heterocycles. The topological polar surface area (TPSA) is 115 Å². The van der Waals surface area contributed by atoms with Crippen LogP contribution >= 0.6 is 15.9 Å². The van der Waals surface area contributed by atoms with Crippen LogP contribution in [-0.2, 0) is 0 Å². The molecule has 0 bridgehead atoms. The van der Waals surface area contributed by atoms with Gasteiger partial charge in [-0.2, -0.15) is 9.61 Å². The Balaban J connectivity index is 1.31. The number of carbonyl (C=O) groups excluding carboxylic acids is 1. The number of aromatic nitrogens is 3. The molecule has 4 N–H and O–H groups in total. The van der Waals surface area contributed by atoms with Crippen molar-refractivity contribution in [2.45, 2.75) is 12.8 Å². The minimum Gasteiger partial charge on any atom is -0.507 e. The second kappa shape index (κ2) is 9.83. The van der Waals surface area contributed by atoms with Gasteiger partial charge in [0.15, 0.2) is 5.65 Å². The van der Waals surface area contributed by atoms with Crippen LogP contribution in [0.5, 0.6) is 11.5 Å². The van der Waals surface area contributed by atoms with Gasteiger partial charge in [-0.1, -0.05) is 24.3 Å². The van der Waals surface area contributed by atoms with Crippen molar-refractivity contribution in [2.24, 2.45) is 5.92 Å². The van der Waals surface area contributed by atoms with E-state index in [0.29, 0.717) is 42.2 Å². The fraction of sp³-hybridized carbons (Fsp3) is 0.240. The Morgan fingerprint density at radius 1 is 1.11 bits per heavy atom. The molecule has 1 fully saturated rings. The summed E-state index contributed by atoms with van der Waals surface area (Å²) in [5.41, 5.74) is 2.31. The average Bonchev–Trinajstić information content (AvgIpc) is 3.25. The van der Waals surface area contributed by atoms with Gasteiger partial charge in [0, 0.05) is 31.3 Å². The number of para-hydroxylation sites is 3. The van der Waals surface area contributed by atoms with Gasteiger partial charge in [-0.25, -0.2) is 9.78 Å². The van der Waals surface area contributed by atoms with Gasteiger partial charge in [0.2, 0.25) is 0 Å². The molecule has 1 aliphatic rings. The van der Waals surface area contributed by atoms with Crippen molar-refractivity contribution in [3.8, 4) is 22.8 Å². The van der Waals surface area contributed by atoms with Crippen molar-refractivity contribution in [1.82, 2.24) is 19.5 Å². The summed E-state index contributed by atoms with van der Waals surface area (Å²) < 4.78 is 2.47. The molecule has 1 aliphatic heterocycles. The zero-order valence-corrected chi connectivity index (χ0v) is 20.4. The highest BCUT2D eigenvalue weighted by atomic mass is 79.9. The normalized spacial score (nSPS) is 15.8. The summed E-state index contributed by atoms with van der Waals surface area (Å²) in [7, 11) is 0. The van der Waals surface area contributed by atoms with E-state index in [1.165, 1.54) is 0 Å². The number of fused-ring (bicyclic) bond motifs is 1. The summed E-state index contributed by atoms with van der Waals surface area (Å²) in [6.07, 6.45) is 3.56. The molecule has 0 spiro atoms. The van der Waals surface area contributed by atoms with Crippen molar-refractivity contribution >= 4 is 39.1 Å². The highest BCUT2D eigenvalue weighted by molar-refractivity contribution is 9.10. The van der Waals surface area contributed by atoms with E-state index < -0.39 is 0 Å². The molecule has 4 aromatic rings. The monoisotopic (exact) mass is 536 g/mol. The lowest BCUT2D eigenvalue weighted by molar-refractivity contribution is 0.180. The molecule has 1 atom stereocenters. The van der Waals surface area contributed by atoms with Crippen LogP contribution in [0.15, 0.2) is 65.3 Å². The van der Waals surface area contributed by atoms with Crippen LogP contribution in [0.25, 0.3) is 16.9 Å². The van der Waals surface area contributed by atoms with Crippen LogP contribution in [0.3, 0.4) is 0 Å². The van der Waals surface area contributed by atoms with E-state index in [1.54, 1.807) is 52.0 Å². The maximum Gasteiger partial charge on any atom is 0.321 e. The molecule has 2 aromatic carbocycles. The average molecular weight is 537 g/mol. The number of nitrogens with zero attached hydrogens (tertiary/aromatic N) is 4. The zero-order chi connectivity index (χ0) is 24.4. The van der Waals surface area contributed by atoms with E-state index in [1.807, 2.05) is 18.2 Å². The largest absolute Gasteiger partial charge is 0.507 e. The van der Waals surface area contributed by atoms with E-state index >= 15 is 0 Å². The summed E-state index contributed by atoms with van der Waals surface area (Å²) in [6, 6.07) is 15.4. The van der Waals surface area contributed by atoms with E-state index in [-0.39, 0.29) is 23.4 Å². The minimum absolute atomic E-state index is 0.0448. The molecule has 180 valence electrons. The van der Waals surface area contributed by atoms with Crippen LogP contribution in [0.1, 0.15) is 12.8 Å². The Kier molecular flexibility index (Phi) is 6.45. The molecule has 9 nitrogen and oxygen atoms in total. The number of phenolic OH excluding ortho intramolecular Hbond substituents is 2. The first kappa shape index (κ1) is 23.0. The smallest absolute Gasteiger partial charge is 0.321 e. The number of urea groups is 1. The molecule has 0 aliphatic carbocycles. The van der Waals surface area contributed by atoms with Crippen molar-refractivity contribution < 1.29 is 15.0 Å². The SMILES string of the molecule is O=C(Nc1ccccc1O)N1CCCC(CNc2cc(-c3ccccc3O)nc3c(Br)cnn23)C1. The van der Waals surface area contributed by atoms with Gasteiger partial charge < -0.3 is 25.7 Å². The number of phenols is 2. The highest BCUT2D eigenvalue weighted by Crippen LogP contribution is 2.31. The third-order valence-corrected chi connectivity index (χ3v) is 6.69. The zero-order valence-electron chi connectivity index (χ0n) is 18.9. The third kappa shape index (κ3) is 4.88. The van der Waals surface area contributed by atoms with E-state index in [0.717, 1.165) is 23.1 Å². The predicted octanol–water partition coefficient (Wildman–Crippen LogP) is 4.93. The number of amides is 2. The molecule has 0 radical (unpaired) electrons. The van der Waals surface area contributed by atoms with Crippen LogP contribution in [0, 0.1) is 5.92 Å². The van der Waals surface area contributed by atoms with Crippen molar-refractivity contribution in [3.05, 3.63) is 65.3 Å². The Morgan fingerprint density at radius 2 is 1.89 bits per heavy atom. The fourth-order valence-electron chi connectivity index (χ4n) is 4.33. The summed E-state index contributed by atoms with van der Waals surface area (Å²) in [6.45, 7) is 1.89. The Morgan fingerprint density at radius 3 is 2.69 bits per heavy atom. The molecular weight excluding hydrogens is 512 g/mol. The van der Waals surface area contributed by atoms with Gasteiger partial charge in [0.25, 0.3) is 0 Å². The number of rotatable bonds is 5. The lowest BCUT2D eigenvalue weighted by Crippen LogP contribution is -2.44. The Bertz CT molecular complexity index is 1370. The van der Waals surface area contributed by atoms with Crippen LogP contribution in [0.4, 0.5) is 16.3 Å². The number of hydrogen-bond acceptors (Lipinski definition) is 6. The maximum absolute atomic E-state index is 12.8. The molecule has 35 heavy (non-hydrogen) atoms. The lowest BCUT2D eigenvalue weighted by Gasteiger charge is -2.33. The Hall–Kier alpha value is -3.79. The van der Waals surface area contributed by atoms with E-state index in [4.69, 9.17) is 0 Å². The van der Waals surface area contributed by atoms with Gasteiger partial charge in [0.1, 0.15) is 17.3 Å². The maximum atomic E-state index is 12.8. The van der Waals surface area contributed by atoms with Crippen LogP contribution in [0.2, 0.25) is 0 Å². The molecular formula is C25H25BrN6O3. The first-order valence-corrected chi connectivity index (χ1v) is 12.2. The molecule has 10 heteroatoms. The second-order valence-electron chi connectivity index (χ2n) is 8.55.